The van der Waals surface area contributed by atoms with Gasteiger partial charge in [-0.05, 0) is 30.7 Å². The number of rotatable bonds is 4. The molecular formula is C20H15NO3S. The van der Waals surface area contributed by atoms with Crippen molar-refractivity contribution < 1.29 is 14.3 Å². The third kappa shape index (κ3) is 3.19. The summed E-state index contributed by atoms with van der Waals surface area (Å²) < 4.78 is 10.6. The Kier molecular flexibility index (Phi) is 4.07. The molecule has 25 heavy (non-hydrogen) atoms. The summed E-state index contributed by atoms with van der Waals surface area (Å²) in [4.78, 5) is 17.7. The first-order chi connectivity index (χ1) is 12.2. The Morgan fingerprint density at radius 3 is 2.76 bits per heavy atom. The van der Waals surface area contributed by atoms with E-state index in [1.165, 1.54) is 11.3 Å². The maximum absolute atomic E-state index is 12.5. The second kappa shape index (κ2) is 6.53. The van der Waals surface area contributed by atoms with Gasteiger partial charge in [-0.15, -0.1) is 11.3 Å². The maximum Gasteiger partial charge on any atom is 0.231 e. The predicted octanol–water partition coefficient (Wildman–Crippen LogP) is 4.74. The number of fused-ring (bicyclic) bond motifs is 1. The highest BCUT2D eigenvalue weighted by Crippen LogP contribution is 2.33. The van der Waals surface area contributed by atoms with Gasteiger partial charge in [-0.1, -0.05) is 42.5 Å². The zero-order valence-corrected chi connectivity index (χ0v) is 14.4. The number of benzene rings is 2. The number of thiazole rings is 1. The summed E-state index contributed by atoms with van der Waals surface area (Å²) in [6, 6.07) is 15.5. The molecule has 4 nitrogen and oxygen atoms in total. The van der Waals surface area contributed by atoms with Gasteiger partial charge in [0.2, 0.25) is 6.79 Å². The fraction of sp³-hybridized carbons (Fsp3) is 0.100. The van der Waals surface area contributed by atoms with Crippen molar-refractivity contribution in [2.45, 2.75) is 6.92 Å². The van der Waals surface area contributed by atoms with E-state index >= 15 is 0 Å². The van der Waals surface area contributed by atoms with Crippen molar-refractivity contribution in [1.29, 1.82) is 0 Å². The Labute approximate surface area is 149 Å². The molecule has 0 N–H and O–H groups in total. The zero-order valence-electron chi connectivity index (χ0n) is 13.6. The summed E-state index contributed by atoms with van der Waals surface area (Å²) in [6.45, 7) is 2.11. The lowest BCUT2D eigenvalue weighted by Crippen LogP contribution is -1.93. The Bertz CT molecular complexity index is 960. The number of hydrogen-bond donors (Lipinski definition) is 0. The van der Waals surface area contributed by atoms with Crippen LogP contribution >= 0.6 is 11.3 Å². The van der Waals surface area contributed by atoms with Crippen LogP contribution in [-0.4, -0.2) is 17.6 Å². The lowest BCUT2D eigenvalue weighted by Gasteiger charge is -1.97. The molecule has 1 aromatic heterocycles. The number of nitrogens with zero attached hydrogens (tertiary/aromatic N) is 1. The fourth-order valence-corrected chi connectivity index (χ4v) is 3.59. The molecule has 1 aliphatic heterocycles. The normalized spacial score (nSPS) is 12.7. The van der Waals surface area contributed by atoms with E-state index in [9.17, 15) is 4.79 Å². The lowest BCUT2D eigenvalue weighted by atomic mass is 10.1. The highest BCUT2D eigenvalue weighted by molar-refractivity contribution is 7.17. The number of ketones is 1. The van der Waals surface area contributed by atoms with Crippen LogP contribution in [0.25, 0.3) is 16.6 Å². The first-order valence-corrected chi connectivity index (χ1v) is 8.67. The van der Waals surface area contributed by atoms with Crippen LogP contribution in [0.3, 0.4) is 0 Å². The van der Waals surface area contributed by atoms with Crippen molar-refractivity contribution in [1.82, 2.24) is 4.98 Å². The standard InChI is InChI=1S/C20H15NO3S/c1-13-19(25-20(21-13)15-5-3-2-4-6-15)16(22)9-7-14-8-10-17-18(11-14)24-12-23-17/h2-11H,12H2,1H3. The zero-order chi connectivity index (χ0) is 17.2. The Balaban J connectivity index is 1.56. The van der Waals surface area contributed by atoms with E-state index < -0.39 is 0 Å². The predicted molar refractivity (Wildman–Crippen MR) is 98.2 cm³/mol. The van der Waals surface area contributed by atoms with Crippen molar-refractivity contribution in [2.75, 3.05) is 6.79 Å². The molecule has 0 fully saturated rings. The molecule has 2 aromatic carbocycles. The molecule has 2 heterocycles. The number of ether oxygens (including phenoxy) is 2. The molecule has 0 saturated heterocycles. The Morgan fingerprint density at radius 1 is 1.12 bits per heavy atom. The number of hydrogen-bond acceptors (Lipinski definition) is 5. The minimum atomic E-state index is -0.0464. The quantitative estimate of drug-likeness (QED) is 0.504. The van der Waals surface area contributed by atoms with Gasteiger partial charge < -0.3 is 9.47 Å². The second-order valence-corrected chi connectivity index (χ2v) is 6.61. The van der Waals surface area contributed by atoms with Crippen molar-refractivity contribution >= 4 is 23.2 Å². The molecular weight excluding hydrogens is 334 g/mol. The van der Waals surface area contributed by atoms with Crippen LogP contribution in [0.15, 0.2) is 54.6 Å². The van der Waals surface area contributed by atoms with E-state index in [2.05, 4.69) is 4.98 Å². The third-order valence-electron chi connectivity index (χ3n) is 3.86. The van der Waals surface area contributed by atoms with Crippen LogP contribution in [0.5, 0.6) is 11.5 Å². The number of aromatic nitrogens is 1. The average molecular weight is 349 g/mol. The summed E-state index contributed by atoms with van der Waals surface area (Å²) in [7, 11) is 0. The van der Waals surface area contributed by atoms with Gasteiger partial charge in [0.15, 0.2) is 17.3 Å². The van der Waals surface area contributed by atoms with E-state index in [1.54, 1.807) is 12.2 Å². The van der Waals surface area contributed by atoms with Gasteiger partial charge in [0.25, 0.3) is 0 Å². The summed E-state index contributed by atoms with van der Waals surface area (Å²) in [6.07, 6.45) is 3.36. The molecule has 0 aliphatic carbocycles. The third-order valence-corrected chi connectivity index (χ3v) is 5.09. The van der Waals surface area contributed by atoms with Gasteiger partial charge in [-0.3, -0.25) is 4.79 Å². The molecule has 0 radical (unpaired) electrons. The summed E-state index contributed by atoms with van der Waals surface area (Å²) >= 11 is 1.42. The number of carbonyl (C=O) groups excluding carboxylic acids is 1. The van der Waals surface area contributed by atoms with Gasteiger partial charge in [0.05, 0.1) is 10.6 Å². The van der Waals surface area contributed by atoms with E-state index in [0.717, 1.165) is 27.6 Å². The van der Waals surface area contributed by atoms with Gasteiger partial charge >= 0.3 is 0 Å². The van der Waals surface area contributed by atoms with E-state index in [0.29, 0.717) is 10.6 Å². The molecule has 124 valence electrons. The molecule has 0 amide bonds. The first kappa shape index (κ1) is 15.6. The van der Waals surface area contributed by atoms with Crippen molar-refractivity contribution in [3.63, 3.8) is 0 Å². The molecule has 4 rings (SSSR count). The second-order valence-electron chi connectivity index (χ2n) is 5.61. The lowest BCUT2D eigenvalue weighted by molar-refractivity contribution is 0.105. The minimum Gasteiger partial charge on any atom is -0.454 e. The van der Waals surface area contributed by atoms with Crippen molar-refractivity contribution in [3.8, 4) is 22.1 Å². The molecule has 5 heteroatoms. The molecule has 3 aromatic rings. The van der Waals surface area contributed by atoms with Crippen LogP contribution in [0, 0.1) is 6.92 Å². The molecule has 0 spiro atoms. The highest BCUT2D eigenvalue weighted by atomic mass is 32.1. The van der Waals surface area contributed by atoms with Gasteiger partial charge in [0.1, 0.15) is 5.01 Å². The largest absolute Gasteiger partial charge is 0.454 e. The van der Waals surface area contributed by atoms with Crippen LogP contribution in [0.2, 0.25) is 0 Å². The maximum atomic E-state index is 12.5. The molecule has 1 aliphatic rings. The van der Waals surface area contributed by atoms with Gasteiger partial charge in [-0.2, -0.15) is 0 Å². The average Bonchev–Trinajstić information content (AvgIpc) is 3.26. The van der Waals surface area contributed by atoms with Gasteiger partial charge in [0, 0.05) is 5.56 Å². The smallest absolute Gasteiger partial charge is 0.231 e. The SMILES string of the molecule is Cc1nc(-c2ccccc2)sc1C(=O)C=Cc1ccc2c(c1)OCO2. The number of aryl methyl sites for hydroxylation is 1. The Morgan fingerprint density at radius 2 is 1.92 bits per heavy atom. The summed E-state index contributed by atoms with van der Waals surface area (Å²) in [5.74, 6) is 1.39. The van der Waals surface area contributed by atoms with Crippen LogP contribution in [0.1, 0.15) is 20.9 Å². The molecule has 0 unspecified atom stereocenters. The van der Waals surface area contributed by atoms with Crippen molar-refractivity contribution in [3.05, 3.63) is 70.7 Å². The molecule has 0 bridgehead atoms. The first-order valence-electron chi connectivity index (χ1n) is 7.85. The summed E-state index contributed by atoms with van der Waals surface area (Å²) in [5, 5.41) is 0.859. The van der Waals surface area contributed by atoms with Crippen LogP contribution < -0.4 is 9.47 Å². The Hall–Kier alpha value is -2.92. The molecule has 0 saturated carbocycles. The highest BCUT2D eigenvalue weighted by Gasteiger charge is 2.15. The van der Waals surface area contributed by atoms with Crippen molar-refractivity contribution in [2.24, 2.45) is 0 Å². The summed E-state index contributed by atoms with van der Waals surface area (Å²) in [5.41, 5.74) is 2.67. The van der Waals surface area contributed by atoms with E-state index in [4.69, 9.17) is 9.47 Å². The van der Waals surface area contributed by atoms with E-state index in [-0.39, 0.29) is 12.6 Å². The van der Waals surface area contributed by atoms with Gasteiger partial charge in [-0.25, -0.2) is 4.98 Å². The van der Waals surface area contributed by atoms with E-state index in [1.807, 2.05) is 55.5 Å². The monoisotopic (exact) mass is 349 g/mol. The number of carbonyl (C=O) groups is 1. The minimum absolute atomic E-state index is 0.0464. The van der Waals surface area contributed by atoms with Crippen LogP contribution in [-0.2, 0) is 0 Å². The molecule has 0 atom stereocenters. The fourth-order valence-electron chi connectivity index (χ4n) is 2.59. The number of allylic oxidation sites excluding steroid dienone is 1. The topological polar surface area (TPSA) is 48.4 Å². The van der Waals surface area contributed by atoms with Crippen LogP contribution in [0.4, 0.5) is 0 Å².